The van der Waals surface area contributed by atoms with Crippen molar-refractivity contribution in [2.45, 2.75) is 77.6 Å². The van der Waals surface area contributed by atoms with Gasteiger partial charge in [0.05, 0.1) is 0 Å². The molecule has 0 nitrogen and oxygen atoms in total. The zero-order chi connectivity index (χ0) is 26.4. The second kappa shape index (κ2) is 12.6. The lowest BCUT2D eigenvalue weighted by Crippen LogP contribution is -2.15. The van der Waals surface area contributed by atoms with Gasteiger partial charge in [0.2, 0.25) is 0 Å². The van der Waals surface area contributed by atoms with Gasteiger partial charge >= 0.3 is 0 Å². The summed E-state index contributed by atoms with van der Waals surface area (Å²) in [5.74, 6) is -2.61. The molecule has 37 heavy (non-hydrogen) atoms. The summed E-state index contributed by atoms with van der Waals surface area (Å²) in [6, 6.07) is 13.1. The SMILES string of the molecule is CC=CCCC1CCC(c2ccc(-c3ccc(-c4ccc(CCCC)c(F)c4F)cc3)c(F)c2F)CC1. The third-order valence-corrected chi connectivity index (χ3v) is 7.84. The van der Waals surface area contributed by atoms with E-state index in [1.165, 1.54) is 0 Å². The van der Waals surface area contributed by atoms with Gasteiger partial charge in [-0.2, -0.15) is 0 Å². The summed E-state index contributed by atoms with van der Waals surface area (Å²) < 4.78 is 59.6. The monoisotopic (exact) mass is 508 g/mol. The van der Waals surface area contributed by atoms with Gasteiger partial charge in [-0.05, 0) is 92.4 Å². The van der Waals surface area contributed by atoms with Gasteiger partial charge in [0.15, 0.2) is 23.3 Å². The lowest BCUT2D eigenvalue weighted by Gasteiger charge is -2.29. The Bertz CT molecular complexity index is 1220. The number of rotatable bonds is 9. The summed E-state index contributed by atoms with van der Waals surface area (Å²) >= 11 is 0. The van der Waals surface area contributed by atoms with E-state index < -0.39 is 23.3 Å². The second-order valence-corrected chi connectivity index (χ2v) is 10.3. The molecule has 0 aliphatic heterocycles. The lowest BCUT2D eigenvalue weighted by molar-refractivity contribution is 0.306. The molecule has 0 atom stereocenters. The third kappa shape index (κ3) is 6.17. The average Bonchev–Trinajstić information content (AvgIpc) is 2.92. The number of benzene rings is 3. The molecule has 4 rings (SSSR count). The highest BCUT2D eigenvalue weighted by Gasteiger charge is 2.26. The minimum absolute atomic E-state index is 0.0436. The highest BCUT2D eigenvalue weighted by atomic mass is 19.2. The van der Waals surface area contributed by atoms with Crippen LogP contribution in [0.1, 0.15) is 82.3 Å². The van der Waals surface area contributed by atoms with Crippen LogP contribution in [-0.4, -0.2) is 0 Å². The number of aryl methyl sites for hydroxylation is 1. The normalized spacial score (nSPS) is 18.0. The lowest BCUT2D eigenvalue weighted by atomic mass is 9.77. The second-order valence-electron chi connectivity index (χ2n) is 10.3. The Kier molecular flexibility index (Phi) is 9.23. The zero-order valence-corrected chi connectivity index (χ0v) is 21.8. The van der Waals surface area contributed by atoms with Gasteiger partial charge in [-0.3, -0.25) is 0 Å². The maximum absolute atomic E-state index is 15.2. The molecule has 0 bridgehead atoms. The number of hydrogen-bond donors (Lipinski definition) is 0. The summed E-state index contributed by atoms with van der Waals surface area (Å²) in [4.78, 5) is 0. The standard InChI is InChI=1S/C33H36F4/c1-3-5-7-8-22-10-12-23(13-11-22)28-20-21-29(33(37)32(28)36)25-16-14-24(15-17-25)27-19-18-26(9-6-4-2)30(34)31(27)35/h3,5,14-23H,4,6-13H2,1-2H3. The first-order valence-electron chi connectivity index (χ1n) is 13.6. The molecule has 3 aromatic carbocycles. The van der Waals surface area contributed by atoms with Crippen LogP contribution in [0.3, 0.4) is 0 Å². The summed E-state index contributed by atoms with van der Waals surface area (Å²) in [6.45, 7) is 4.03. The molecule has 0 N–H and O–H groups in total. The van der Waals surface area contributed by atoms with E-state index in [-0.39, 0.29) is 17.0 Å². The van der Waals surface area contributed by atoms with E-state index in [4.69, 9.17) is 0 Å². The average molecular weight is 509 g/mol. The van der Waals surface area contributed by atoms with Gasteiger partial charge in [-0.25, -0.2) is 17.6 Å². The van der Waals surface area contributed by atoms with Crippen molar-refractivity contribution in [1.29, 1.82) is 0 Å². The number of allylic oxidation sites excluding steroid dienone is 2. The van der Waals surface area contributed by atoms with Crippen molar-refractivity contribution >= 4 is 0 Å². The van der Waals surface area contributed by atoms with Crippen LogP contribution >= 0.6 is 0 Å². The Morgan fingerprint density at radius 2 is 1.32 bits per heavy atom. The Balaban J connectivity index is 1.49. The van der Waals surface area contributed by atoms with E-state index in [1.54, 1.807) is 48.5 Å². The molecular weight excluding hydrogens is 472 g/mol. The Hall–Kier alpha value is -2.88. The van der Waals surface area contributed by atoms with Crippen molar-refractivity contribution in [2.75, 3.05) is 0 Å². The highest BCUT2D eigenvalue weighted by Crippen LogP contribution is 2.40. The van der Waals surface area contributed by atoms with Gasteiger partial charge in [0.25, 0.3) is 0 Å². The van der Waals surface area contributed by atoms with Gasteiger partial charge < -0.3 is 0 Å². The first-order chi connectivity index (χ1) is 17.9. The molecule has 3 aromatic rings. The fraction of sp³-hybridized carbons (Fsp3) is 0.394. The van der Waals surface area contributed by atoms with Crippen LogP contribution in [0.4, 0.5) is 17.6 Å². The minimum Gasteiger partial charge on any atom is -0.203 e. The van der Waals surface area contributed by atoms with E-state index in [0.29, 0.717) is 34.6 Å². The van der Waals surface area contributed by atoms with Crippen LogP contribution in [0.15, 0.2) is 60.7 Å². The van der Waals surface area contributed by atoms with Crippen LogP contribution in [-0.2, 0) is 6.42 Å². The summed E-state index contributed by atoms with van der Waals surface area (Å²) in [6.07, 6.45) is 12.5. The summed E-state index contributed by atoms with van der Waals surface area (Å²) in [7, 11) is 0. The predicted molar refractivity (Wildman–Crippen MR) is 145 cm³/mol. The Labute approximate surface area is 218 Å². The van der Waals surface area contributed by atoms with Crippen molar-refractivity contribution in [3.63, 3.8) is 0 Å². The molecular formula is C33H36F4. The number of unbranched alkanes of at least 4 members (excludes halogenated alkanes) is 1. The molecule has 1 aliphatic rings. The molecule has 4 heteroatoms. The minimum atomic E-state index is -0.875. The number of halogens is 4. The smallest absolute Gasteiger partial charge is 0.166 e. The van der Waals surface area contributed by atoms with Crippen LogP contribution < -0.4 is 0 Å². The predicted octanol–water partition coefficient (Wildman–Crippen LogP) is 10.5. The van der Waals surface area contributed by atoms with E-state index in [0.717, 1.165) is 51.4 Å². The largest absolute Gasteiger partial charge is 0.203 e. The van der Waals surface area contributed by atoms with Crippen LogP contribution in [0.25, 0.3) is 22.3 Å². The van der Waals surface area contributed by atoms with Crippen molar-refractivity contribution in [1.82, 2.24) is 0 Å². The highest BCUT2D eigenvalue weighted by molar-refractivity contribution is 5.71. The molecule has 0 unspecified atom stereocenters. The zero-order valence-electron chi connectivity index (χ0n) is 21.8. The van der Waals surface area contributed by atoms with E-state index in [2.05, 4.69) is 12.2 Å². The molecule has 0 saturated heterocycles. The quantitative estimate of drug-likeness (QED) is 0.199. The molecule has 0 aromatic heterocycles. The van der Waals surface area contributed by atoms with Gasteiger partial charge in [0.1, 0.15) is 0 Å². The summed E-state index contributed by atoms with van der Waals surface area (Å²) in [5.41, 5.74) is 2.16. The fourth-order valence-electron chi connectivity index (χ4n) is 5.57. The van der Waals surface area contributed by atoms with Crippen molar-refractivity contribution in [3.8, 4) is 22.3 Å². The molecule has 0 radical (unpaired) electrons. The number of hydrogen-bond acceptors (Lipinski definition) is 0. The maximum atomic E-state index is 15.2. The fourth-order valence-corrected chi connectivity index (χ4v) is 5.57. The van der Waals surface area contributed by atoms with Gasteiger partial charge in [-0.1, -0.05) is 74.0 Å². The van der Waals surface area contributed by atoms with Crippen LogP contribution in [0, 0.1) is 29.2 Å². The van der Waals surface area contributed by atoms with Gasteiger partial charge in [-0.15, -0.1) is 0 Å². The van der Waals surface area contributed by atoms with Crippen molar-refractivity contribution < 1.29 is 17.6 Å². The molecule has 0 heterocycles. The first-order valence-corrected chi connectivity index (χ1v) is 13.6. The van der Waals surface area contributed by atoms with E-state index in [9.17, 15) is 8.78 Å². The molecule has 0 spiro atoms. The Morgan fingerprint density at radius 3 is 1.92 bits per heavy atom. The molecule has 1 aliphatic carbocycles. The molecule has 1 saturated carbocycles. The summed E-state index contributed by atoms with van der Waals surface area (Å²) in [5, 5.41) is 0. The van der Waals surface area contributed by atoms with Gasteiger partial charge in [0, 0.05) is 11.1 Å². The molecule has 1 fully saturated rings. The van der Waals surface area contributed by atoms with E-state index in [1.807, 2.05) is 13.8 Å². The molecule has 0 amide bonds. The Morgan fingerprint density at radius 1 is 0.730 bits per heavy atom. The van der Waals surface area contributed by atoms with Crippen molar-refractivity contribution in [2.24, 2.45) is 5.92 Å². The maximum Gasteiger partial charge on any atom is 0.166 e. The topological polar surface area (TPSA) is 0 Å². The third-order valence-electron chi connectivity index (χ3n) is 7.84. The van der Waals surface area contributed by atoms with E-state index >= 15 is 8.78 Å². The first kappa shape index (κ1) is 27.2. The van der Waals surface area contributed by atoms with Crippen molar-refractivity contribution in [3.05, 3.63) is 95.1 Å². The van der Waals surface area contributed by atoms with Crippen LogP contribution in [0.2, 0.25) is 0 Å². The van der Waals surface area contributed by atoms with Crippen LogP contribution in [0.5, 0.6) is 0 Å². The molecule has 196 valence electrons.